The third-order valence-corrected chi connectivity index (χ3v) is 6.07. The van der Waals surface area contributed by atoms with Crippen molar-refractivity contribution in [1.29, 1.82) is 0 Å². The summed E-state index contributed by atoms with van der Waals surface area (Å²) in [5.74, 6) is 0.196. The average Bonchev–Trinajstić information content (AvgIpc) is 3.07. The highest BCUT2D eigenvalue weighted by atomic mass is 35.5. The van der Waals surface area contributed by atoms with E-state index in [2.05, 4.69) is 4.90 Å². The van der Waals surface area contributed by atoms with Crippen molar-refractivity contribution >= 4 is 29.3 Å². The first-order chi connectivity index (χ1) is 16.0. The van der Waals surface area contributed by atoms with Gasteiger partial charge in [0.2, 0.25) is 0 Å². The molecule has 0 atom stereocenters. The molecule has 1 aliphatic rings. The lowest BCUT2D eigenvalue weighted by Crippen LogP contribution is -2.35. The number of carbonyl (C=O) groups is 1. The van der Waals surface area contributed by atoms with Crippen LogP contribution in [0.5, 0.6) is 0 Å². The number of furan rings is 1. The summed E-state index contributed by atoms with van der Waals surface area (Å²) in [4.78, 5) is 16.9. The first-order valence-corrected chi connectivity index (χ1v) is 11.1. The van der Waals surface area contributed by atoms with Crippen molar-refractivity contribution in [3.8, 4) is 11.1 Å². The highest BCUT2D eigenvalue weighted by Crippen LogP contribution is 2.28. The summed E-state index contributed by atoms with van der Waals surface area (Å²) in [5, 5.41) is 0.981. The van der Waals surface area contributed by atoms with E-state index in [4.69, 9.17) is 4.42 Å². The molecule has 5 rings (SSSR count). The predicted molar refractivity (Wildman–Crippen MR) is 131 cm³/mol. The molecule has 7 heteroatoms. The fourth-order valence-corrected chi connectivity index (χ4v) is 4.35. The zero-order valence-corrected chi connectivity index (χ0v) is 19.4. The monoisotopic (exact) mass is 482 g/mol. The lowest BCUT2D eigenvalue weighted by molar-refractivity contribution is 0.0760. The van der Waals surface area contributed by atoms with Gasteiger partial charge < -0.3 is 9.32 Å². The van der Waals surface area contributed by atoms with Crippen molar-refractivity contribution in [2.45, 2.75) is 13.0 Å². The SMILES string of the molecule is Cl.O=C(c1ccc(F)cc1)N1CCCN(Cc2cc3cc(-c4cccc(F)c4)ccc3o2)CC1. The molecule has 1 fully saturated rings. The number of hydrogen-bond donors (Lipinski definition) is 0. The molecule has 1 saturated heterocycles. The standard InChI is InChI=1S/C27H24F2N2O2.ClH/c28-23-8-5-19(6-9-23)27(32)31-12-2-11-30(13-14-31)18-25-17-22-15-21(7-10-26(22)33-25)20-3-1-4-24(29)16-20;/h1,3-10,15-17H,2,11-14,18H2;1H. The van der Waals surface area contributed by atoms with Crippen LogP contribution in [0.2, 0.25) is 0 Å². The Morgan fingerprint density at radius 2 is 1.62 bits per heavy atom. The van der Waals surface area contributed by atoms with E-state index in [0.29, 0.717) is 25.2 Å². The molecular formula is C27H25ClF2N2O2. The highest BCUT2D eigenvalue weighted by Gasteiger charge is 2.21. The summed E-state index contributed by atoms with van der Waals surface area (Å²) in [6.45, 7) is 3.53. The van der Waals surface area contributed by atoms with Gasteiger partial charge >= 0.3 is 0 Å². The van der Waals surface area contributed by atoms with E-state index in [1.807, 2.05) is 35.2 Å². The van der Waals surface area contributed by atoms with Gasteiger partial charge in [-0.25, -0.2) is 8.78 Å². The molecule has 2 heterocycles. The van der Waals surface area contributed by atoms with Crippen LogP contribution in [0, 0.1) is 11.6 Å². The van der Waals surface area contributed by atoms with Crippen LogP contribution in [0.3, 0.4) is 0 Å². The maximum atomic E-state index is 13.6. The number of carbonyl (C=O) groups excluding carboxylic acids is 1. The molecule has 4 nitrogen and oxygen atoms in total. The number of benzene rings is 3. The van der Waals surface area contributed by atoms with Crippen LogP contribution in [0.25, 0.3) is 22.1 Å². The summed E-state index contributed by atoms with van der Waals surface area (Å²) in [6, 6.07) is 20.2. The van der Waals surface area contributed by atoms with Crippen LogP contribution >= 0.6 is 12.4 Å². The lowest BCUT2D eigenvalue weighted by atomic mass is 10.0. The molecule has 1 aliphatic heterocycles. The molecule has 1 aromatic heterocycles. The molecule has 0 unspecified atom stereocenters. The van der Waals surface area contributed by atoms with Crippen molar-refractivity contribution in [2.75, 3.05) is 26.2 Å². The topological polar surface area (TPSA) is 36.7 Å². The van der Waals surface area contributed by atoms with Gasteiger partial charge in [0.1, 0.15) is 23.0 Å². The molecule has 3 aromatic carbocycles. The van der Waals surface area contributed by atoms with E-state index >= 15 is 0 Å². The largest absolute Gasteiger partial charge is 0.460 e. The molecule has 0 radical (unpaired) electrons. The van der Waals surface area contributed by atoms with Gasteiger partial charge in [-0.2, -0.15) is 0 Å². The van der Waals surface area contributed by atoms with E-state index in [-0.39, 0.29) is 29.9 Å². The number of hydrogen-bond acceptors (Lipinski definition) is 3. The first kappa shape index (κ1) is 23.9. The number of rotatable bonds is 4. The maximum absolute atomic E-state index is 13.6. The van der Waals surface area contributed by atoms with Crippen LogP contribution in [0.4, 0.5) is 8.78 Å². The Bertz CT molecular complexity index is 1290. The minimum atomic E-state index is -0.345. The summed E-state index contributed by atoms with van der Waals surface area (Å²) in [5.41, 5.74) is 3.08. The van der Waals surface area contributed by atoms with Gasteiger partial charge in [0.05, 0.1) is 6.54 Å². The Morgan fingerprint density at radius 1 is 0.824 bits per heavy atom. The minimum absolute atomic E-state index is 0. The van der Waals surface area contributed by atoms with E-state index in [1.54, 1.807) is 6.07 Å². The number of fused-ring (bicyclic) bond motifs is 1. The van der Waals surface area contributed by atoms with Gasteiger partial charge in [-0.15, -0.1) is 12.4 Å². The van der Waals surface area contributed by atoms with Crippen molar-refractivity contribution in [1.82, 2.24) is 9.80 Å². The Kier molecular flexibility index (Phi) is 7.29. The number of amides is 1. The normalized spacial score (nSPS) is 14.6. The van der Waals surface area contributed by atoms with Crippen LogP contribution in [0.1, 0.15) is 22.5 Å². The molecule has 0 aliphatic carbocycles. The Labute approximate surface area is 203 Å². The van der Waals surface area contributed by atoms with Crippen molar-refractivity contribution in [3.05, 3.63) is 95.8 Å². The second-order valence-corrected chi connectivity index (χ2v) is 8.40. The molecule has 0 N–H and O–H groups in total. The van der Waals surface area contributed by atoms with Gasteiger partial charge in [-0.1, -0.05) is 18.2 Å². The van der Waals surface area contributed by atoms with E-state index in [0.717, 1.165) is 47.4 Å². The maximum Gasteiger partial charge on any atom is 0.253 e. The van der Waals surface area contributed by atoms with Gasteiger partial charge in [0.25, 0.3) is 5.91 Å². The zero-order chi connectivity index (χ0) is 22.8. The molecule has 1 amide bonds. The fourth-order valence-electron chi connectivity index (χ4n) is 4.35. The molecule has 34 heavy (non-hydrogen) atoms. The fraction of sp³-hybridized carbons (Fsp3) is 0.222. The summed E-state index contributed by atoms with van der Waals surface area (Å²) in [6.07, 6.45) is 0.858. The minimum Gasteiger partial charge on any atom is -0.460 e. The van der Waals surface area contributed by atoms with Crippen molar-refractivity contribution < 1.29 is 18.0 Å². The average molecular weight is 483 g/mol. The summed E-state index contributed by atoms with van der Waals surface area (Å²) < 4.78 is 32.8. The van der Waals surface area contributed by atoms with Crippen LogP contribution < -0.4 is 0 Å². The smallest absolute Gasteiger partial charge is 0.253 e. The highest BCUT2D eigenvalue weighted by molar-refractivity contribution is 5.94. The third kappa shape index (κ3) is 5.29. The van der Waals surface area contributed by atoms with Gasteiger partial charge in [-0.05, 0) is 72.1 Å². The molecule has 4 aromatic rings. The van der Waals surface area contributed by atoms with E-state index < -0.39 is 0 Å². The molecule has 0 saturated carbocycles. The Hall–Kier alpha value is -3.22. The van der Waals surface area contributed by atoms with Crippen molar-refractivity contribution in [3.63, 3.8) is 0 Å². The van der Waals surface area contributed by atoms with Gasteiger partial charge in [0.15, 0.2) is 0 Å². The Morgan fingerprint density at radius 3 is 2.41 bits per heavy atom. The van der Waals surface area contributed by atoms with Crippen LogP contribution in [-0.4, -0.2) is 41.9 Å². The first-order valence-electron chi connectivity index (χ1n) is 11.1. The molecule has 0 bridgehead atoms. The van der Waals surface area contributed by atoms with E-state index in [9.17, 15) is 13.6 Å². The van der Waals surface area contributed by atoms with Crippen molar-refractivity contribution in [2.24, 2.45) is 0 Å². The quantitative estimate of drug-likeness (QED) is 0.350. The Balaban J connectivity index is 0.00000274. The van der Waals surface area contributed by atoms with Crippen LogP contribution in [-0.2, 0) is 6.54 Å². The second-order valence-electron chi connectivity index (χ2n) is 8.40. The van der Waals surface area contributed by atoms with Gasteiger partial charge in [0, 0.05) is 37.1 Å². The van der Waals surface area contributed by atoms with Gasteiger partial charge in [-0.3, -0.25) is 9.69 Å². The number of halogens is 3. The number of nitrogens with zero attached hydrogens (tertiary/aromatic N) is 2. The molecular weight excluding hydrogens is 458 g/mol. The van der Waals surface area contributed by atoms with E-state index in [1.165, 1.54) is 36.4 Å². The zero-order valence-electron chi connectivity index (χ0n) is 18.5. The summed E-state index contributed by atoms with van der Waals surface area (Å²) in [7, 11) is 0. The lowest BCUT2D eigenvalue weighted by Gasteiger charge is -2.21. The second kappa shape index (κ2) is 10.4. The molecule has 176 valence electrons. The third-order valence-electron chi connectivity index (χ3n) is 6.07. The predicted octanol–water partition coefficient (Wildman–Crippen LogP) is 6.15. The summed E-state index contributed by atoms with van der Waals surface area (Å²) >= 11 is 0. The van der Waals surface area contributed by atoms with Crippen LogP contribution in [0.15, 0.2) is 77.2 Å². The molecule has 0 spiro atoms.